The van der Waals surface area contributed by atoms with Gasteiger partial charge < -0.3 is 4.98 Å². The summed E-state index contributed by atoms with van der Waals surface area (Å²) in [5, 5.41) is 0. The lowest BCUT2D eigenvalue weighted by Crippen LogP contribution is -2.01. The number of aryl methyl sites for hydroxylation is 1. The fourth-order valence-electron chi connectivity index (χ4n) is 3.08. The highest BCUT2D eigenvalue weighted by molar-refractivity contribution is 6.00. The number of benzene rings is 1. The van der Waals surface area contributed by atoms with E-state index in [4.69, 9.17) is 4.99 Å². The normalized spacial score (nSPS) is 12.1. The molecular weight excluding hydrogens is 268 g/mol. The van der Waals surface area contributed by atoms with E-state index >= 15 is 0 Å². The Morgan fingerprint density at radius 1 is 0.636 bits per heavy atom. The van der Waals surface area contributed by atoms with Crippen molar-refractivity contribution in [3.8, 4) is 0 Å². The van der Waals surface area contributed by atoms with Crippen molar-refractivity contribution < 1.29 is 0 Å². The number of aliphatic imine (C=N–C) groups is 1. The summed E-state index contributed by atoms with van der Waals surface area (Å²) in [7, 11) is 0. The molecule has 2 rings (SSSR count). The largest absolute Gasteiger partial charge is 0.357 e. The van der Waals surface area contributed by atoms with Crippen LogP contribution in [0.4, 0.5) is 5.69 Å². The van der Waals surface area contributed by atoms with Crippen molar-refractivity contribution in [1.82, 2.24) is 4.98 Å². The Hall–Kier alpha value is -1.83. The van der Waals surface area contributed by atoms with E-state index in [0.29, 0.717) is 0 Å². The minimum absolute atomic E-state index is 1.06. The first-order valence-corrected chi connectivity index (χ1v) is 7.95. The van der Waals surface area contributed by atoms with Crippen molar-refractivity contribution in [1.29, 1.82) is 0 Å². The van der Waals surface area contributed by atoms with Gasteiger partial charge in [-0.1, -0.05) is 0 Å². The van der Waals surface area contributed by atoms with E-state index in [0.717, 1.165) is 17.1 Å². The molecule has 2 heteroatoms. The van der Waals surface area contributed by atoms with E-state index in [9.17, 15) is 0 Å². The second kappa shape index (κ2) is 5.75. The Bertz CT molecular complexity index is 745. The first-order valence-electron chi connectivity index (χ1n) is 7.95. The Morgan fingerprint density at radius 3 is 1.50 bits per heavy atom. The maximum Gasteiger partial charge on any atom is 0.0697 e. The van der Waals surface area contributed by atoms with E-state index in [1.165, 1.54) is 44.6 Å². The molecule has 0 atom stereocenters. The monoisotopic (exact) mass is 296 g/mol. The van der Waals surface area contributed by atoms with Gasteiger partial charge in [0.2, 0.25) is 0 Å². The second-order valence-corrected chi connectivity index (χ2v) is 6.55. The molecule has 0 aliphatic rings. The van der Waals surface area contributed by atoms with Crippen LogP contribution in [-0.2, 0) is 0 Å². The van der Waals surface area contributed by atoms with Gasteiger partial charge in [0.1, 0.15) is 0 Å². The summed E-state index contributed by atoms with van der Waals surface area (Å²) >= 11 is 0. The molecular formula is C20H28N2. The molecule has 0 unspecified atom stereocenters. The van der Waals surface area contributed by atoms with E-state index in [1.54, 1.807) is 0 Å². The van der Waals surface area contributed by atoms with E-state index in [1.807, 2.05) is 0 Å². The molecule has 1 heterocycles. The predicted molar refractivity (Wildman–Crippen MR) is 97.0 cm³/mol. The Balaban J connectivity index is 2.65. The van der Waals surface area contributed by atoms with Crippen molar-refractivity contribution in [2.75, 3.05) is 0 Å². The van der Waals surface area contributed by atoms with Gasteiger partial charge in [-0.15, -0.1) is 0 Å². The lowest BCUT2D eigenvalue weighted by Gasteiger charge is -2.16. The van der Waals surface area contributed by atoms with Crippen LogP contribution in [0, 0.1) is 55.4 Å². The smallest absolute Gasteiger partial charge is 0.0697 e. The average Bonchev–Trinajstić information content (AvgIpc) is 2.75. The van der Waals surface area contributed by atoms with Crippen LogP contribution in [0.25, 0.3) is 0 Å². The summed E-state index contributed by atoms with van der Waals surface area (Å²) in [6.45, 7) is 19.5. The minimum Gasteiger partial charge on any atom is -0.357 e. The minimum atomic E-state index is 1.06. The molecule has 0 fully saturated rings. The molecule has 0 radical (unpaired) electrons. The fourth-order valence-corrected chi connectivity index (χ4v) is 3.08. The molecule has 22 heavy (non-hydrogen) atoms. The van der Waals surface area contributed by atoms with Crippen molar-refractivity contribution in [3.63, 3.8) is 0 Å². The second-order valence-electron chi connectivity index (χ2n) is 6.55. The molecule has 0 spiro atoms. The van der Waals surface area contributed by atoms with Crippen LogP contribution in [0.5, 0.6) is 0 Å². The Morgan fingerprint density at radius 2 is 1.09 bits per heavy atom. The van der Waals surface area contributed by atoms with Gasteiger partial charge in [-0.2, -0.15) is 0 Å². The number of aromatic nitrogens is 1. The number of nitrogens with zero attached hydrogens (tertiary/aromatic N) is 1. The fraction of sp³-hybridized carbons (Fsp3) is 0.450. The van der Waals surface area contributed by atoms with Crippen molar-refractivity contribution in [2.45, 2.75) is 62.3 Å². The van der Waals surface area contributed by atoms with Crippen LogP contribution in [0.15, 0.2) is 4.99 Å². The first kappa shape index (κ1) is 16.5. The number of aromatic amines is 1. The van der Waals surface area contributed by atoms with E-state index in [2.05, 4.69) is 67.3 Å². The molecule has 2 nitrogen and oxygen atoms in total. The Labute approximate surface area is 134 Å². The molecule has 0 saturated carbocycles. The average molecular weight is 296 g/mol. The summed E-state index contributed by atoms with van der Waals surface area (Å²) < 4.78 is 0. The third-order valence-corrected chi connectivity index (χ3v) is 5.41. The van der Waals surface area contributed by atoms with Crippen LogP contribution < -0.4 is 0 Å². The highest BCUT2D eigenvalue weighted by Crippen LogP contribution is 2.33. The van der Waals surface area contributed by atoms with Crippen LogP contribution in [0.2, 0.25) is 0 Å². The van der Waals surface area contributed by atoms with E-state index < -0.39 is 0 Å². The molecule has 1 N–H and O–H groups in total. The van der Waals surface area contributed by atoms with Gasteiger partial charge in [0.15, 0.2) is 0 Å². The molecule has 1 aromatic heterocycles. The van der Waals surface area contributed by atoms with Crippen molar-refractivity contribution in [3.05, 3.63) is 50.3 Å². The van der Waals surface area contributed by atoms with Gasteiger partial charge in [-0.25, -0.2) is 0 Å². The zero-order valence-corrected chi connectivity index (χ0v) is 15.4. The van der Waals surface area contributed by atoms with Gasteiger partial charge in [-0.3, -0.25) is 4.99 Å². The maximum absolute atomic E-state index is 4.99. The third kappa shape index (κ3) is 2.51. The zero-order valence-electron chi connectivity index (χ0n) is 15.4. The SMILES string of the molecule is CC(=Nc1c(C)c(C)c(C)c(C)c1C)c1[nH]c(C)c(C)c1C. The van der Waals surface area contributed by atoms with Gasteiger partial charge in [0.05, 0.1) is 17.1 Å². The van der Waals surface area contributed by atoms with Crippen LogP contribution in [-0.4, -0.2) is 10.7 Å². The zero-order chi connectivity index (χ0) is 16.8. The summed E-state index contributed by atoms with van der Waals surface area (Å²) in [6, 6.07) is 0. The highest BCUT2D eigenvalue weighted by atomic mass is 14.8. The molecule has 118 valence electrons. The predicted octanol–water partition coefficient (Wildman–Crippen LogP) is 5.62. The quantitative estimate of drug-likeness (QED) is 0.696. The molecule has 0 aliphatic heterocycles. The van der Waals surface area contributed by atoms with Crippen molar-refractivity contribution >= 4 is 11.4 Å². The lowest BCUT2D eigenvalue weighted by atomic mass is 9.93. The molecule has 0 saturated heterocycles. The number of H-pyrrole nitrogens is 1. The van der Waals surface area contributed by atoms with E-state index in [-0.39, 0.29) is 0 Å². The lowest BCUT2D eigenvalue weighted by molar-refractivity contribution is 1.16. The van der Waals surface area contributed by atoms with Gasteiger partial charge >= 0.3 is 0 Å². The first-order chi connectivity index (χ1) is 10.2. The van der Waals surface area contributed by atoms with Gasteiger partial charge in [-0.05, 0) is 101 Å². The van der Waals surface area contributed by atoms with Crippen LogP contribution in [0.3, 0.4) is 0 Å². The Kier molecular flexibility index (Phi) is 4.32. The topological polar surface area (TPSA) is 28.1 Å². The molecule has 0 bridgehead atoms. The van der Waals surface area contributed by atoms with Gasteiger partial charge in [0, 0.05) is 5.69 Å². The van der Waals surface area contributed by atoms with Gasteiger partial charge in [0.25, 0.3) is 0 Å². The number of hydrogen-bond acceptors (Lipinski definition) is 1. The van der Waals surface area contributed by atoms with Crippen molar-refractivity contribution in [2.24, 2.45) is 4.99 Å². The summed E-state index contributed by atoms with van der Waals surface area (Å²) in [4.78, 5) is 8.47. The summed E-state index contributed by atoms with van der Waals surface area (Å²) in [6.07, 6.45) is 0. The number of hydrogen-bond donors (Lipinski definition) is 1. The molecule has 1 aromatic carbocycles. The number of rotatable bonds is 2. The highest BCUT2D eigenvalue weighted by Gasteiger charge is 2.14. The molecule has 2 aromatic rings. The summed E-state index contributed by atoms with van der Waals surface area (Å²) in [5.41, 5.74) is 13.9. The van der Waals surface area contributed by atoms with Crippen LogP contribution in [0.1, 0.15) is 57.3 Å². The molecule has 0 aliphatic carbocycles. The molecule has 0 amide bonds. The summed E-state index contributed by atoms with van der Waals surface area (Å²) in [5.74, 6) is 0. The standard InChI is InChI=1S/C20H28N2/c1-10-11(2)14(5)19(15(6)12(10)3)22-18(9)20-16(7)13(4)17(8)21-20/h21H,1-9H3. The maximum atomic E-state index is 4.99. The van der Waals surface area contributed by atoms with Crippen LogP contribution >= 0.6 is 0 Å². The number of nitrogens with one attached hydrogen (secondary N) is 1. The third-order valence-electron chi connectivity index (χ3n) is 5.41.